The minimum absolute atomic E-state index is 0.0869. The van der Waals surface area contributed by atoms with E-state index in [1.165, 1.54) is 11.8 Å². The number of hydrogen-bond acceptors (Lipinski definition) is 4. The molecule has 3 rings (SSSR count). The minimum atomic E-state index is -3.63. The quantitative estimate of drug-likeness (QED) is 0.499. The van der Waals surface area contributed by atoms with Gasteiger partial charge in [-0.3, -0.25) is 9.52 Å². The molecular formula is C23H24N2O3S2. The molecule has 0 spiro atoms. The van der Waals surface area contributed by atoms with Crippen LogP contribution >= 0.6 is 11.8 Å². The van der Waals surface area contributed by atoms with Crippen LogP contribution in [0.15, 0.2) is 76.5 Å². The van der Waals surface area contributed by atoms with E-state index in [2.05, 4.69) is 10.0 Å². The van der Waals surface area contributed by atoms with Crippen LogP contribution in [-0.4, -0.2) is 20.1 Å². The molecule has 5 nitrogen and oxygen atoms in total. The van der Waals surface area contributed by atoms with Crippen molar-refractivity contribution in [1.29, 1.82) is 0 Å². The van der Waals surface area contributed by atoms with Crippen LogP contribution in [0, 0.1) is 20.8 Å². The molecule has 0 aromatic heterocycles. The summed E-state index contributed by atoms with van der Waals surface area (Å²) < 4.78 is 27.5. The van der Waals surface area contributed by atoms with E-state index in [-0.39, 0.29) is 16.6 Å². The van der Waals surface area contributed by atoms with Gasteiger partial charge in [0.15, 0.2) is 0 Å². The summed E-state index contributed by atoms with van der Waals surface area (Å²) in [5.74, 6) is 0.179. The molecule has 3 aromatic rings. The van der Waals surface area contributed by atoms with Crippen LogP contribution in [0.2, 0.25) is 0 Å². The fourth-order valence-electron chi connectivity index (χ4n) is 2.84. The number of rotatable bonds is 7. The highest BCUT2D eigenvalue weighted by Gasteiger charge is 2.14. The topological polar surface area (TPSA) is 75.3 Å². The van der Waals surface area contributed by atoms with Gasteiger partial charge in [0, 0.05) is 16.3 Å². The predicted octanol–water partition coefficient (Wildman–Crippen LogP) is 5.14. The third kappa shape index (κ3) is 5.87. The lowest BCUT2D eigenvalue weighted by molar-refractivity contribution is -0.113. The Hall–Kier alpha value is -2.77. The van der Waals surface area contributed by atoms with Crippen molar-refractivity contribution in [3.05, 3.63) is 83.4 Å². The van der Waals surface area contributed by atoms with Crippen LogP contribution < -0.4 is 10.0 Å². The van der Waals surface area contributed by atoms with Crippen molar-refractivity contribution < 1.29 is 13.2 Å². The molecular weight excluding hydrogens is 416 g/mol. The lowest BCUT2D eigenvalue weighted by Crippen LogP contribution is -2.15. The van der Waals surface area contributed by atoms with Crippen molar-refractivity contribution in [2.45, 2.75) is 30.6 Å². The predicted molar refractivity (Wildman–Crippen MR) is 124 cm³/mol. The third-order valence-electron chi connectivity index (χ3n) is 4.46. The molecule has 1 amide bonds. The maximum atomic E-state index is 12.5. The standard InChI is InChI=1S/C23H24N2O3S2/c1-16-4-11-21(12-5-16)30(27,28)25-19-7-9-20(10-8-19)29-15-23(26)24-22-13-6-17(2)14-18(22)3/h4-14,25H,15H2,1-3H3,(H,24,26). The van der Waals surface area contributed by atoms with Gasteiger partial charge in [-0.05, 0) is 68.8 Å². The van der Waals surface area contributed by atoms with Gasteiger partial charge in [-0.2, -0.15) is 0 Å². The average molecular weight is 441 g/mol. The second-order valence-corrected chi connectivity index (χ2v) is 9.83. The zero-order chi connectivity index (χ0) is 21.7. The molecule has 3 aromatic carbocycles. The second kappa shape index (κ2) is 9.36. The van der Waals surface area contributed by atoms with Gasteiger partial charge in [-0.15, -0.1) is 11.8 Å². The summed E-state index contributed by atoms with van der Waals surface area (Å²) >= 11 is 1.39. The number of carbonyl (C=O) groups is 1. The number of nitrogens with one attached hydrogen (secondary N) is 2. The smallest absolute Gasteiger partial charge is 0.261 e. The van der Waals surface area contributed by atoms with E-state index in [1.54, 1.807) is 48.5 Å². The van der Waals surface area contributed by atoms with Crippen LogP contribution in [0.3, 0.4) is 0 Å². The molecule has 2 N–H and O–H groups in total. The Morgan fingerprint density at radius 2 is 1.50 bits per heavy atom. The summed E-state index contributed by atoms with van der Waals surface area (Å²) in [5, 5.41) is 2.92. The molecule has 0 fully saturated rings. The number of carbonyl (C=O) groups excluding carboxylic acids is 1. The number of thioether (sulfide) groups is 1. The first-order valence-electron chi connectivity index (χ1n) is 9.42. The number of benzene rings is 3. The Kier molecular flexibility index (Phi) is 6.84. The first kappa shape index (κ1) is 21.9. The maximum Gasteiger partial charge on any atom is 0.261 e. The Morgan fingerprint density at radius 1 is 0.867 bits per heavy atom. The highest BCUT2D eigenvalue weighted by atomic mass is 32.2. The first-order valence-corrected chi connectivity index (χ1v) is 11.9. The Bertz CT molecular complexity index is 1140. The molecule has 156 valence electrons. The highest BCUT2D eigenvalue weighted by molar-refractivity contribution is 8.00. The zero-order valence-corrected chi connectivity index (χ0v) is 18.7. The van der Waals surface area contributed by atoms with E-state index in [1.807, 2.05) is 39.0 Å². The molecule has 0 aliphatic heterocycles. The summed E-state index contributed by atoms with van der Waals surface area (Å²) in [6.07, 6.45) is 0. The first-order chi connectivity index (χ1) is 14.2. The fourth-order valence-corrected chi connectivity index (χ4v) is 4.60. The van der Waals surface area contributed by atoms with Crippen molar-refractivity contribution in [3.63, 3.8) is 0 Å². The number of amides is 1. The fraction of sp³-hybridized carbons (Fsp3) is 0.174. The van der Waals surface area contributed by atoms with Crippen molar-refractivity contribution in [2.75, 3.05) is 15.8 Å². The van der Waals surface area contributed by atoms with Crippen molar-refractivity contribution in [2.24, 2.45) is 0 Å². The lowest BCUT2D eigenvalue weighted by atomic mass is 10.1. The van der Waals surface area contributed by atoms with Crippen LogP contribution in [0.25, 0.3) is 0 Å². The Labute approximate surface area is 182 Å². The van der Waals surface area contributed by atoms with Crippen LogP contribution in [0.4, 0.5) is 11.4 Å². The summed E-state index contributed by atoms with van der Waals surface area (Å²) in [6.45, 7) is 5.88. The Morgan fingerprint density at radius 3 is 2.13 bits per heavy atom. The van der Waals surface area contributed by atoms with Gasteiger partial charge < -0.3 is 5.32 Å². The van der Waals surface area contributed by atoms with E-state index in [9.17, 15) is 13.2 Å². The van der Waals surface area contributed by atoms with E-state index >= 15 is 0 Å². The zero-order valence-electron chi connectivity index (χ0n) is 17.1. The van der Waals surface area contributed by atoms with Gasteiger partial charge in [-0.25, -0.2) is 8.42 Å². The summed E-state index contributed by atoms with van der Waals surface area (Å²) in [6, 6.07) is 19.5. The van der Waals surface area contributed by atoms with Crippen molar-refractivity contribution in [1.82, 2.24) is 0 Å². The molecule has 0 saturated heterocycles. The molecule has 0 radical (unpaired) electrons. The molecule has 0 atom stereocenters. The second-order valence-electron chi connectivity index (χ2n) is 7.10. The molecule has 0 bridgehead atoms. The molecule has 0 saturated carbocycles. The number of sulfonamides is 1. The van der Waals surface area contributed by atoms with Gasteiger partial charge in [0.2, 0.25) is 5.91 Å². The van der Waals surface area contributed by atoms with Gasteiger partial charge >= 0.3 is 0 Å². The van der Waals surface area contributed by atoms with Crippen LogP contribution in [-0.2, 0) is 14.8 Å². The van der Waals surface area contributed by atoms with Crippen molar-refractivity contribution >= 4 is 39.1 Å². The lowest BCUT2D eigenvalue weighted by Gasteiger charge is -2.10. The monoisotopic (exact) mass is 440 g/mol. The van der Waals surface area contributed by atoms with Gasteiger partial charge in [0.25, 0.3) is 10.0 Å². The molecule has 0 aliphatic rings. The third-order valence-corrected chi connectivity index (χ3v) is 6.87. The normalized spacial score (nSPS) is 11.2. The molecule has 0 unspecified atom stereocenters. The minimum Gasteiger partial charge on any atom is -0.325 e. The number of anilines is 2. The number of aryl methyl sites for hydroxylation is 3. The summed E-state index contributed by atoms with van der Waals surface area (Å²) in [7, 11) is -3.63. The summed E-state index contributed by atoms with van der Waals surface area (Å²) in [4.78, 5) is 13.3. The van der Waals surface area contributed by atoms with Crippen LogP contribution in [0.5, 0.6) is 0 Å². The molecule has 0 aliphatic carbocycles. The largest absolute Gasteiger partial charge is 0.325 e. The van der Waals surface area contributed by atoms with Crippen molar-refractivity contribution in [3.8, 4) is 0 Å². The van der Waals surface area contributed by atoms with Gasteiger partial charge in [0.05, 0.1) is 10.6 Å². The highest BCUT2D eigenvalue weighted by Crippen LogP contribution is 2.23. The average Bonchev–Trinajstić information content (AvgIpc) is 2.70. The molecule has 7 heteroatoms. The van der Waals surface area contributed by atoms with E-state index in [0.717, 1.165) is 27.3 Å². The van der Waals surface area contributed by atoms with E-state index < -0.39 is 10.0 Å². The van der Waals surface area contributed by atoms with Gasteiger partial charge in [0.1, 0.15) is 0 Å². The SMILES string of the molecule is Cc1ccc(S(=O)(=O)Nc2ccc(SCC(=O)Nc3ccc(C)cc3C)cc2)cc1. The van der Waals surface area contributed by atoms with E-state index in [0.29, 0.717) is 5.69 Å². The number of hydrogen-bond donors (Lipinski definition) is 2. The van der Waals surface area contributed by atoms with Gasteiger partial charge in [-0.1, -0.05) is 35.4 Å². The summed E-state index contributed by atoms with van der Waals surface area (Å²) in [5.41, 5.74) is 4.46. The Balaban J connectivity index is 1.56. The van der Waals surface area contributed by atoms with Crippen LogP contribution in [0.1, 0.15) is 16.7 Å². The molecule has 0 heterocycles. The molecule has 30 heavy (non-hydrogen) atoms. The maximum absolute atomic E-state index is 12.5. The van der Waals surface area contributed by atoms with E-state index in [4.69, 9.17) is 0 Å².